The maximum absolute atomic E-state index is 14.0. The van der Waals surface area contributed by atoms with E-state index in [-0.39, 0.29) is 41.7 Å². The summed E-state index contributed by atoms with van der Waals surface area (Å²) in [7, 11) is 0. The largest absolute Gasteiger partial charge is 0.481 e. The van der Waals surface area contributed by atoms with Crippen LogP contribution in [-0.2, 0) is 25.7 Å². The van der Waals surface area contributed by atoms with Crippen LogP contribution in [0.1, 0.15) is 138 Å². The molecule has 0 radical (unpaired) electrons. The van der Waals surface area contributed by atoms with Gasteiger partial charge in [0.1, 0.15) is 20.4 Å². The number of thioether (sulfide) groups is 2. The molecule has 3 aromatic rings. The molecule has 2 aliphatic rings. The average molecular weight is 964 g/mol. The van der Waals surface area contributed by atoms with Crippen molar-refractivity contribution in [2.24, 2.45) is 16.2 Å². The van der Waals surface area contributed by atoms with Gasteiger partial charge in [0, 0.05) is 39.5 Å². The Morgan fingerprint density at radius 3 is 2.00 bits per heavy atom. The lowest BCUT2D eigenvalue weighted by molar-refractivity contribution is -0.150. The number of thiocarbonyl (C=S) groups is 1. The molecule has 2 aromatic carbocycles. The Kier molecular flexibility index (Phi) is 16.6. The fraction of sp³-hybridized carbons (Fsp3) is 0.520. The minimum absolute atomic E-state index is 0.180. The van der Waals surface area contributed by atoms with E-state index in [4.69, 9.17) is 12.2 Å². The Morgan fingerprint density at radius 1 is 0.831 bits per heavy atom. The summed E-state index contributed by atoms with van der Waals surface area (Å²) in [4.78, 5) is 69.4. The third-order valence-electron chi connectivity index (χ3n) is 13.9. The van der Waals surface area contributed by atoms with Gasteiger partial charge in [0.25, 0.3) is 11.5 Å². The predicted octanol–water partition coefficient (Wildman–Crippen LogP) is 10.3. The molecule has 352 valence electrons. The minimum atomic E-state index is -1.22. The molecular formula is C50H65N3O8S4. The van der Waals surface area contributed by atoms with E-state index in [1.165, 1.54) is 10.5 Å². The van der Waals surface area contributed by atoms with Crippen molar-refractivity contribution in [3.05, 3.63) is 79.2 Å². The van der Waals surface area contributed by atoms with Crippen molar-refractivity contribution in [1.82, 2.24) is 9.47 Å². The van der Waals surface area contributed by atoms with E-state index in [1.54, 1.807) is 30.8 Å². The van der Waals surface area contributed by atoms with Crippen molar-refractivity contribution in [3.63, 3.8) is 0 Å². The number of carbonyl (C=O) groups is 4. The van der Waals surface area contributed by atoms with E-state index in [0.29, 0.717) is 32.1 Å². The van der Waals surface area contributed by atoms with Gasteiger partial charge in [0.05, 0.1) is 15.4 Å². The van der Waals surface area contributed by atoms with Crippen LogP contribution in [0.3, 0.4) is 0 Å². The molecule has 5 rings (SSSR count). The van der Waals surface area contributed by atoms with Gasteiger partial charge in [-0.1, -0.05) is 97.6 Å². The number of carboxylic acids is 3. The Labute approximate surface area is 401 Å². The first-order valence-electron chi connectivity index (χ1n) is 22.6. The second-order valence-corrected chi connectivity index (χ2v) is 23.0. The first-order chi connectivity index (χ1) is 30.5. The predicted molar refractivity (Wildman–Crippen MR) is 271 cm³/mol. The lowest BCUT2D eigenvalue weighted by Crippen LogP contribution is -2.43. The van der Waals surface area contributed by atoms with Crippen LogP contribution in [0.2, 0.25) is 0 Å². The summed E-state index contributed by atoms with van der Waals surface area (Å²) >= 11 is 9.50. The van der Waals surface area contributed by atoms with Crippen LogP contribution < -0.4 is 19.7 Å². The van der Waals surface area contributed by atoms with E-state index in [0.717, 1.165) is 68.8 Å². The zero-order chi connectivity index (χ0) is 48.2. The Hall–Kier alpha value is -4.18. The van der Waals surface area contributed by atoms with Crippen LogP contribution in [0.4, 0.5) is 11.4 Å². The molecule has 15 heteroatoms. The fourth-order valence-corrected chi connectivity index (χ4v) is 13.1. The summed E-state index contributed by atoms with van der Waals surface area (Å²) in [5, 5.41) is 29.8. The van der Waals surface area contributed by atoms with E-state index in [2.05, 4.69) is 75.1 Å². The lowest BCUT2D eigenvalue weighted by atomic mass is 9.70. The van der Waals surface area contributed by atoms with Gasteiger partial charge in [-0.2, -0.15) is 0 Å². The molecule has 6 unspecified atom stereocenters. The van der Waals surface area contributed by atoms with Crippen molar-refractivity contribution in [2.75, 3.05) is 11.4 Å². The Balaban J connectivity index is 1.44. The van der Waals surface area contributed by atoms with Crippen molar-refractivity contribution in [1.29, 1.82) is 0 Å². The maximum Gasteiger partial charge on any atom is 0.323 e. The van der Waals surface area contributed by atoms with Crippen LogP contribution in [-0.4, -0.2) is 70.3 Å². The standard InChI is InChI=1S/C50H65N3O8S4/c1-11-34-35-26-31(20-25-37(35)53(36(34)12-2)32-21-23-33(24-22-32)65-50(10,16-6)29-49(9,15-5)45(60)61)18-17-19-38-41(56)51(27-39(54)55)43(63-38)40-42(57)52(46(62)64-40)30-47(7,13-3)28-48(8,14-4)44(58)59/h17-26,34,36H,11-16,27-30H2,1-10H3,(H,54,55)(H,58,59)(H,60,61)/b18-17?,38-19-,43-40+. The molecule has 1 aromatic heterocycles. The number of carboxylic acid groups (broad SMARTS) is 3. The quantitative estimate of drug-likeness (QED) is 0.0687. The van der Waals surface area contributed by atoms with Gasteiger partial charge in [0.2, 0.25) is 0 Å². The Bertz CT molecular complexity index is 2530. The monoisotopic (exact) mass is 963 g/mol. The van der Waals surface area contributed by atoms with Gasteiger partial charge in [-0.05, 0) is 124 Å². The molecule has 0 aliphatic carbocycles. The van der Waals surface area contributed by atoms with Crippen molar-refractivity contribution < 1.29 is 34.5 Å². The summed E-state index contributed by atoms with van der Waals surface area (Å²) < 4.78 is 1.64. The SMILES string of the molecule is CCC1c2cc(C=C/C=c3\s/c(=C4/SC(=S)N(CC(C)(CC)CC(C)(CC)C(=O)O)C4=O)n(CC(=O)O)c3=O)ccc2N(c2ccc(SC(C)(CC)CC(C)(CC)C(=O)O)cc2)C1CC. The van der Waals surface area contributed by atoms with Crippen molar-refractivity contribution in [3.8, 4) is 0 Å². The normalized spacial score (nSPS) is 21.3. The number of amides is 1. The summed E-state index contributed by atoms with van der Waals surface area (Å²) in [5.41, 5.74) is 1.55. The zero-order valence-electron chi connectivity index (χ0n) is 39.4. The summed E-state index contributed by atoms with van der Waals surface area (Å²) in [5.74, 6) is -3.03. The summed E-state index contributed by atoms with van der Waals surface area (Å²) in [6.07, 6.45) is 10.6. The van der Waals surface area contributed by atoms with Gasteiger partial charge in [-0.3, -0.25) is 33.4 Å². The summed E-state index contributed by atoms with van der Waals surface area (Å²) in [6.45, 7) is 19.5. The number of rotatable bonds is 21. The van der Waals surface area contributed by atoms with Crippen LogP contribution in [0.15, 0.2) is 58.2 Å². The third kappa shape index (κ3) is 11.0. The minimum Gasteiger partial charge on any atom is -0.481 e. The third-order valence-corrected chi connectivity index (χ3v) is 18.1. The van der Waals surface area contributed by atoms with Crippen molar-refractivity contribution in [2.45, 2.75) is 149 Å². The average Bonchev–Trinajstić information content (AvgIpc) is 3.86. The number of aliphatic carboxylic acids is 3. The maximum atomic E-state index is 14.0. The number of fused-ring (bicyclic) bond motifs is 1. The molecular weight excluding hydrogens is 899 g/mol. The first-order valence-corrected chi connectivity index (χ1v) is 25.5. The van der Waals surface area contributed by atoms with Gasteiger partial charge < -0.3 is 20.2 Å². The molecule has 6 atom stereocenters. The number of aromatic nitrogens is 1. The molecule has 3 heterocycles. The molecule has 1 fully saturated rings. The van der Waals surface area contributed by atoms with E-state index in [9.17, 15) is 39.3 Å². The van der Waals surface area contributed by atoms with Gasteiger partial charge in [-0.15, -0.1) is 23.1 Å². The van der Waals surface area contributed by atoms with Crippen LogP contribution in [0.25, 0.3) is 17.1 Å². The highest BCUT2D eigenvalue weighted by Gasteiger charge is 2.44. The molecule has 1 saturated heterocycles. The second kappa shape index (κ2) is 20.8. The van der Waals surface area contributed by atoms with Crippen molar-refractivity contribution >= 4 is 104 Å². The highest BCUT2D eigenvalue weighted by Crippen LogP contribution is 2.50. The molecule has 0 saturated carbocycles. The first kappa shape index (κ1) is 51.8. The van der Waals surface area contributed by atoms with E-state index < -0.39 is 52.2 Å². The van der Waals surface area contributed by atoms with Crippen LogP contribution in [0, 0.1) is 16.2 Å². The number of allylic oxidation sites excluding steroid dienone is 1. The number of carbonyl (C=O) groups excluding carboxylic acids is 1. The highest BCUT2D eigenvalue weighted by molar-refractivity contribution is 8.30. The zero-order valence-corrected chi connectivity index (χ0v) is 42.6. The molecule has 0 bridgehead atoms. The molecule has 0 spiro atoms. The van der Waals surface area contributed by atoms with Crippen LogP contribution >= 0.6 is 47.1 Å². The van der Waals surface area contributed by atoms with E-state index in [1.807, 2.05) is 40.7 Å². The second-order valence-electron chi connectivity index (χ2n) is 18.7. The Morgan fingerprint density at radius 2 is 1.46 bits per heavy atom. The number of anilines is 2. The number of thiazole rings is 1. The number of benzene rings is 2. The van der Waals surface area contributed by atoms with E-state index >= 15 is 0 Å². The molecule has 3 N–H and O–H groups in total. The van der Waals surface area contributed by atoms with Gasteiger partial charge in [0.15, 0.2) is 0 Å². The number of hydrogen-bond donors (Lipinski definition) is 3. The topological polar surface area (TPSA) is 157 Å². The molecule has 65 heavy (non-hydrogen) atoms. The molecule has 1 amide bonds. The van der Waals surface area contributed by atoms with Gasteiger partial charge >= 0.3 is 17.9 Å². The lowest BCUT2D eigenvalue weighted by Gasteiger charge is -2.38. The summed E-state index contributed by atoms with van der Waals surface area (Å²) in [6, 6.07) is 15.3. The molecule has 2 aliphatic heterocycles. The smallest absolute Gasteiger partial charge is 0.323 e. The van der Waals surface area contributed by atoms with Crippen LogP contribution in [0.5, 0.6) is 0 Å². The van der Waals surface area contributed by atoms with Gasteiger partial charge in [-0.25, -0.2) is 0 Å². The molecule has 11 nitrogen and oxygen atoms in total. The fourth-order valence-electron chi connectivity index (χ4n) is 9.28. The highest BCUT2D eigenvalue weighted by atomic mass is 32.2. The number of hydrogen-bond acceptors (Lipinski definition) is 10. The number of nitrogens with zero attached hydrogens (tertiary/aromatic N) is 3.